The van der Waals surface area contributed by atoms with Crippen molar-refractivity contribution < 1.29 is 13.2 Å². The Labute approximate surface area is 155 Å². The average molecular weight is 450 g/mol. The van der Waals surface area contributed by atoms with Gasteiger partial charge in [-0.2, -0.15) is 13.2 Å². The van der Waals surface area contributed by atoms with E-state index in [9.17, 15) is 13.2 Å². The Kier molecular flexibility index (Phi) is 14.9. The van der Waals surface area contributed by atoms with Crippen molar-refractivity contribution in [3.63, 3.8) is 0 Å². The number of hydrogen-bond acceptors (Lipinski definition) is 2. The van der Waals surface area contributed by atoms with Crippen molar-refractivity contribution in [2.75, 3.05) is 47.3 Å². The van der Waals surface area contributed by atoms with E-state index in [1.54, 1.807) is 7.05 Å². The number of nitrogens with one attached hydrogen (secondary N) is 1. The highest BCUT2D eigenvalue weighted by Crippen LogP contribution is 2.14. The summed E-state index contributed by atoms with van der Waals surface area (Å²) >= 11 is 0. The van der Waals surface area contributed by atoms with Crippen molar-refractivity contribution in [3.05, 3.63) is 12.7 Å². The second-order valence-electron chi connectivity index (χ2n) is 5.39. The summed E-state index contributed by atoms with van der Waals surface area (Å²) in [4.78, 5) is 7.39. The number of allylic oxidation sites excluding steroid dienone is 1. The number of aliphatic imine (C=N–C) groups is 1. The molecule has 0 heterocycles. The molecular weight excluding hydrogens is 420 g/mol. The second-order valence-corrected chi connectivity index (χ2v) is 5.39. The highest BCUT2D eigenvalue weighted by atomic mass is 127. The standard InChI is InChI=1S/C15H29F3N4.HI/c1-5-6-7-8-9-11-22(4)14(19-2)20-10-12-21(3)13-15(16,17)18;/h5H,1,6-13H2,2-4H3,(H,19,20);1H. The molecule has 0 atom stereocenters. The van der Waals surface area contributed by atoms with Crippen LogP contribution in [0.25, 0.3) is 0 Å². The molecule has 0 saturated heterocycles. The summed E-state index contributed by atoms with van der Waals surface area (Å²) in [5.74, 6) is 0.712. The second kappa shape index (κ2) is 13.9. The molecule has 0 spiro atoms. The summed E-state index contributed by atoms with van der Waals surface area (Å²) in [6.45, 7) is 4.41. The summed E-state index contributed by atoms with van der Waals surface area (Å²) in [5, 5.41) is 3.09. The SMILES string of the molecule is C=CCCCCCN(C)C(=NC)NCCN(C)CC(F)(F)F.I. The summed E-state index contributed by atoms with van der Waals surface area (Å²) in [7, 11) is 5.07. The first-order chi connectivity index (χ1) is 10.3. The van der Waals surface area contributed by atoms with Crippen LogP contribution in [0.2, 0.25) is 0 Å². The number of guanidine groups is 1. The first kappa shape index (κ1) is 24.7. The van der Waals surface area contributed by atoms with Gasteiger partial charge in [0.15, 0.2) is 5.96 Å². The van der Waals surface area contributed by atoms with E-state index in [0.29, 0.717) is 19.0 Å². The van der Waals surface area contributed by atoms with Crippen LogP contribution >= 0.6 is 24.0 Å². The van der Waals surface area contributed by atoms with Gasteiger partial charge in [-0.1, -0.05) is 12.5 Å². The third-order valence-electron chi connectivity index (χ3n) is 3.20. The van der Waals surface area contributed by atoms with E-state index in [2.05, 4.69) is 16.9 Å². The molecule has 0 aromatic rings. The molecule has 1 N–H and O–H groups in total. The van der Waals surface area contributed by atoms with E-state index < -0.39 is 12.7 Å². The van der Waals surface area contributed by atoms with Gasteiger partial charge in [0.1, 0.15) is 0 Å². The van der Waals surface area contributed by atoms with E-state index in [1.807, 2.05) is 18.0 Å². The van der Waals surface area contributed by atoms with Gasteiger partial charge in [0.2, 0.25) is 0 Å². The van der Waals surface area contributed by atoms with Crippen molar-refractivity contribution >= 4 is 29.9 Å². The predicted molar refractivity (Wildman–Crippen MR) is 102 cm³/mol. The summed E-state index contributed by atoms with van der Waals surface area (Å²) < 4.78 is 36.6. The van der Waals surface area contributed by atoms with Gasteiger partial charge in [-0.05, 0) is 26.3 Å². The zero-order valence-electron chi connectivity index (χ0n) is 14.3. The van der Waals surface area contributed by atoms with Crippen LogP contribution in [-0.2, 0) is 0 Å². The molecular formula is C15H30F3IN4. The minimum Gasteiger partial charge on any atom is -0.355 e. The van der Waals surface area contributed by atoms with Crippen LogP contribution in [0, 0.1) is 0 Å². The summed E-state index contributed by atoms with van der Waals surface area (Å²) in [6, 6.07) is 0. The molecule has 0 radical (unpaired) electrons. The molecule has 0 aromatic heterocycles. The van der Waals surface area contributed by atoms with Crippen LogP contribution in [0.15, 0.2) is 17.6 Å². The predicted octanol–water partition coefficient (Wildman–Crippen LogP) is 3.35. The lowest BCUT2D eigenvalue weighted by Gasteiger charge is -2.24. The highest BCUT2D eigenvalue weighted by Gasteiger charge is 2.28. The van der Waals surface area contributed by atoms with Crippen molar-refractivity contribution in [2.45, 2.75) is 31.9 Å². The number of halogens is 4. The Morgan fingerprint density at radius 3 is 2.35 bits per heavy atom. The van der Waals surface area contributed by atoms with Crippen LogP contribution in [-0.4, -0.2) is 69.3 Å². The van der Waals surface area contributed by atoms with Gasteiger partial charge >= 0.3 is 6.18 Å². The van der Waals surface area contributed by atoms with Gasteiger partial charge in [0, 0.05) is 33.7 Å². The third kappa shape index (κ3) is 14.8. The quantitative estimate of drug-likeness (QED) is 0.182. The largest absolute Gasteiger partial charge is 0.401 e. The maximum absolute atomic E-state index is 12.2. The van der Waals surface area contributed by atoms with E-state index in [4.69, 9.17) is 0 Å². The molecule has 0 fully saturated rings. The average Bonchev–Trinajstić information content (AvgIpc) is 2.41. The number of nitrogens with zero attached hydrogens (tertiary/aromatic N) is 3. The lowest BCUT2D eigenvalue weighted by atomic mass is 10.2. The third-order valence-corrected chi connectivity index (χ3v) is 3.20. The first-order valence-electron chi connectivity index (χ1n) is 7.58. The molecule has 8 heteroatoms. The molecule has 0 aliphatic heterocycles. The number of hydrogen-bond donors (Lipinski definition) is 1. The minimum absolute atomic E-state index is 0. The van der Waals surface area contributed by atoms with Gasteiger partial charge in [-0.3, -0.25) is 9.89 Å². The monoisotopic (exact) mass is 450 g/mol. The van der Waals surface area contributed by atoms with Gasteiger partial charge in [-0.25, -0.2) is 0 Å². The van der Waals surface area contributed by atoms with Gasteiger partial charge < -0.3 is 10.2 Å². The molecule has 0 bridgehead atoms. The Hall–Kier alpha value is -0.510. The minimum atomic E-state index is -4.15. The molecule has 0 aromatic carbocycles. The maximum atomic E-state index is 12.2. The normalized spacial score (nSPS) is 12.0. The number of rotatable bonds is 10. The maximum Gasteiger partial charge on any atom is 0.401 e. The Bertz CT molecular complexity index is 335. The van der Waals surface area contributed by atoms with Crippen molar-refractivity contribution in [3.8, 4) is 0 Å². The Morgan fingerprint density at radius 1 is 1.17 bits per heavy atom. The van der Waals surface area contributed by atoms with Crippen LogP contribution in [0.4, 0.5) is 13.2 Å². The Balaban J connectivity index is 0. The number of unbranched alkanes of at least 4 members (excludes halogenated alkanes) is 3. The fourth-order valence-electron chi connectivity index (χ4n) is 2.05. The number of alkyl halides is 3. The van der Waals surface area contributed by atoms with Crippen LogP contribution < -0.4 is 5.32 Å². The van der Waals surface area contributed by atoms with E-state index in [1.165, 1.54) is 11.9 Å². The highest BCUT2D eigenvalue weighted by molar-refractivity contribution is 14.0. The fraction of sp³-hybridized carbons (Fsp3) is 0.800. The number of likely N-dealkylation sites (N-methyl/N-ethyl adjacent to an activating group) is 1. The molecule has 0 rings (SSSR count). The van der Waals surface area contributed by atoms with Crippen LogP contribution in [0.3, 0.4) is 0 Å². The molecule has 0 aliphatic carbocycles. The summed E-state index contributed by atoms with van der Waals surface area (Å²) in [6.07, 6.45) is 2.11. The molecule has 138 valence electrons. The van der Waals surface area contributed by atoms with Gasteiger partial charge in [0.25, 0.3) is 0 Å². The zero-order chi connectivity index (χ0) is 17.0. The fourth-order valence-corrected chi connectivity index (χ4v) is 2.05. The molecule has 0 unspecified atom stereocenters. The molecule has 0 amide bonds. The van der Waals surface area contributed by atoms with Crippen LogP contribution in [0.5, 0.6) is 0 Å². The van der Waals surface area contributed by atoms with Gasteiger partial charge in [0.05, 0.1) is 6.54 Å². The smallest absolute Gasteiger partial charge is 0.355 e. The molecule has 23 heavy (non-hydrogen) atoms. The Morgan fingerprint density at radius 2 is 1.83 bits per heavy atom. The van der Waals surface area contributed by atoms with Crippen LogP contribution in [0.1, 0.15) is 25.7 Å². The zero-order valence-corrected chi connectivity index (χ0v) is 16.7. The van der Waals surface area contributed by atoms with Crippen molar-refractivity contribution in [1.82, 2.24) is 15.1 Å². The molecule has 4 nitrogen and oxygen atoms in total. The topological polar surface area (TPSA) is 30.9 Å². The van der Waals surface area contributed by atoms with Crippen molar-refractivity contribution in [1.29, 1.82) is 0 Å². The summed E-state index contributed by atoms with van der Waals surface area (Å²) in [5.41, 5.74) is 0. The lowest BCUT2D eigenvalue weighted by molar-refractivity contribution is -0.142. The first-order valence-corrected chi connectivity index (χ1v) is 7.58. The van der Waals surface area contributed by atoms with Gasteiger partial charge in [-0.15, -0.1) is 30.6 Å². The van der Waals surface area contributed by atoms with E-state index in [-0.39, 0.29) is 24.0 Å². The van der Waals surface area contributed by atoms with E-state index >= 15 is 0 Å². The molecule has 0 saturated carbocycles. The molecule has 0 aliphatic rings. The lowest BCUT2D eigenvalue weighted by Crippen LogP contribution is -2.43. The van der Waals surface area contributed by atoms with E-state index in [0.717, 1.165) is 32.2 Å². The van der Waals surface area contributed by atoms with Crippen molar-refractivity contribution in [2.24, 2.45) is 4.99 Å².